The zero-order valence-corrected chi connectivity index (χ0v) is 19.5. The zero-order valence-electron chi connectivity index (χ0n) is 19.5. The Bertz CT molecular complexity index is 1240. The smallest absolute Gasteiger partial charge is 0.353 e. The number of hydrogen-bond acceptors (Lipinski definition) is 5. The van der Waals surface area contributed by atoms with Crippen LogP contribution in [0.15, 0.2) is 42.6 Å². The predicted octanol–water partition coefficient (Wildman–Crippen LogP) is 4.94. The van der Waals surface area contributed by atoms with Gasteiger partial charge in [-0.1, -0.05) is 12.1 Å². The van der Waals surface area contributed by atoms with E-state index in [0.717, 1.165) is 53.3 Å². The maximum atomic E-state index is 12.8. The van der Waals surface area contributed by atoms with Crippen molar-refractivity contribution in [3.63, 3.8) is 0 Å². The third kappa shape index (κ3) is 5.73. The highest BCUT2D eigenvalue weighted by atomic mass is 19.4. The number of fused-ring (bicyclic) bond motifs is 1. The van der Waals surface area contributed by atoms with E-state index in [1.807, 2.05) is 43.3 Å². The van der Waals surface area contributed by atoms with Crippen LogP contribution in [0.4, 0.5) is 19.1 Å². The lowest BCUT2D eigenvalue weighted by Crippen LogP contribution is -2.41. The van der Waals surface area contributed by atoms with Gasteiger partial charge < -0.3 is 10.6 Å². The van der Waals surface area contributed by atoms with Crippen LogP contribution in [0.25, 0.3) is 22.0 Å². The molecule has 2 aliphatic rings. The number of amides is 1. The van der Waals surface area contributed by atoms with E-state index in [0.29, 0.717) is 30.6 Å². The largest absolute Gasteiger partial charge is 0.401 e. The third-order valence-corrected chi connectivity index (χ3v) is 6.68. The standard InChI is InChI=1S/C26H28F3N5O/c1-16-4-5-18(24(35)32-20-7-8-20)12-22(16)17-6-9-23-19(11-17)13-30-25(33-23)31-14-21-3-2-10-34(21)15-26(27,28)29/h4-6,9,11-13,20-21H,2-3,7-8,10,14-15H2,1H3,(H,32,35)(H,30,31,33)/t21-/m1/s1. The van der Waals surface area contributed by atoms with Crippen molar-refractivity contribution in [1.29, 1.82) is 0 Å². The first-order valence-electron chi connectivity index (χ1n) is 12.0. The number of benzene rings is 2. The third-order valence-electron chi connectivity index (χ3n) is 6.68. The number of nitrogens with zero attached hydrogens (tertiary/aromatic N) is 3. The van der Waals surface area contributed by atoms with Crippen molar-refractivity contribution in [3.05, 3.63) is 53.7 Å². The fourth-order valence-electron chi connectivity index (χ4n) is 4.63. The van der Waals surface area contributed by atoms with E-state index in [1.54, 1.807) is 6.20 Å². The summed E-state index contributed by atoms with van der Waals surface area (Å²) in [4.78, 5) is 22.9. The van der Waals surface area contributed by atoms with Gasteiger partial charge in [0.15, 0.2) is 0 Å². The van der Waals surface area contributed by atoms with Crippen molar-refractivity contribution in [1.82, 2.24) is 20.2 Å². The van der Waals surface area contributed by atoms with Gasteiger partial charge in [-0.05, 0) is 80.1 Å². The van der Waals surface area contributed by atoms with Crippen LogP contribution in [0.2, 0.25) is 0 Å². The summed E-state index contributed by atoms with van der Waals surface area (Å²) >= 11 is 0. The molecule has 5 rings (SSSR count). The molecule has 2 N–H and O–H groups in total. The summed E-state index contributed by atoms with van der Waals surface area (Å²) < 4.78 is 38.4. The normalized spacial score (nSPS) is 18.7. The molecule has 0 unspecified atom stereocenters. The van der Waals surface area contributed by atoms with Crippen molar-refractivity contribution in [3.8, 4) is 11.1 Å². The second-order valence-electron chi connectivity index (χ2n) is 9.51. The number of likely N-dealkylation sites (tertiary alicyclic amines) is 1. The van der Waals surface area contributed by atoms with Gasteiger partial charge in [-0.25, -0.2) is 9.97 Å². The Balaban J connectivity index is 1.30. The molecule has 1 amide bonds. The fraction of sp³-hybridized carbons (Fsp3) is 0.423. The van der Waals surface area contributed by atoms with E-state index in [-0.39, 0.29) is 11.9 Å². The Morgan fingerprint density at radius 3 is 2.74 bits per heavy atom. The highest BCUT2D eigenvalue weighted by Gasteiger charge is 2.36. The van der Waals surface area contributed by atoms with Gasteiger partial charge in [0.2, 0.25) is 5.95 Å². The molecule has 0 bridgehead atoms. The minimum Gasteiger partial charge on any atom is -0.353 e. The first kappa shape index (κ1) is 23.5. The van der Waals surface area contributed by atoms with Gasteiger partial charge in [-0.15, -0.1) is 0 Å². The fourth-order valence-corrected chi connectivity index (χ4v) is 4.63. The lowest BCUT2D eigenvalue weighted by Gasteiger charge is -2.25. The van der Waals surface area contributed by atoms with Gasteiger partial charge >= 0.3 is 6.18 Å². The summed E-state index contributed by atoms with van der Waals surface area (Å²) in [6.45, 7) is 1.95. The first-order chi connectivity index (χ1) is 16.7. The molecule has 0 radical (unpaired) electrons. The Labute approximate surface area is 201 Å². The number of aryl methyl sites for hydroxylation is 1. The van der Waals surface area contributed by atoms with E-state index in [2.05, 4.69) is 20.6 Å². The Hall–Kier alpha value is -3.20. The van der Waals surface area contributed by atoms with Crippen LogP contribution in [0.3, 0.4) is 0 Å². The first-order valence-corrected chi connectivity index (χ1v) is 12.0. The van der Waals surface area contributed by atoms with Gasteiger partial charge in [0, 0.05) is 35.8 Å². The molecule has 3 aromatic rings. The average molecular weight is 484 g/mol. The lowest BCUT2D eigenvalue weighted by atomic mass is 9.97. The number of aromatic nitrogens is 2. The van der Waals surface area contributed by atoms with E-state index in [9.17, 15) is 18.0 Å². The van der Waals surface area contributed by atoms with E-state index in [4.69, 9.17) is 0 Å². The van der Waals surface area contributed by atoms with Crippen molar-refractivity contribution in [2.45, 2.75) is 50.9 Å². The second kappa shape index (κ2) is 9.45. The van der Waals surface area contributed by atoms with Crippen LogP contribution in [-0.2, 0) is 0 Å². The number of carbonyl (C=O) groups is 1. The van der Waals surface area contributed by atoms with E-state index >= 15 is 0 Å². The summed E-state index contributed by atoms with van der Waals surface area (Å²) in [5.74, 6) is 0.351. The van der Waals surface area contributed by atoms with Crippen LogP contribution in [0, 0.1) is 6.92 Å². The highest BCUT2D eigenvalue weighted by Crippen LogP contribution is 2.29. The number of nitrogens with one attached hydrogen (secondary N) is 2. The maximum absolute atomic E-state index is 12.8. The molecular formula is C26H28F3N5O. The molecule has 1 atom stereocenters. The minimum absolute atomic E-state index is 0.0512. The Kier molecular flexibility index (Phi) is 6.35. The quantitative estimate of drug-likeness (QED) is 0.499. The molecule has 2 aromatic carbocycles. The summed E-state index contributed by atoms with van der Waals surface area (Å²) in [5, 5.41) is 6.99. The van der Waals surface area contributed by atoms with Crippen LogP contribution in [0.1, 0.15) is 41.6 Å². The number of halogens is 3. The lowest BCUT2D eigenvalue weighted by molar-refractivity contribution is -0.147. The van der Waals surface area contributed by atoms with Gasteiger partial charge in [-0.2, -0.15) is 13.2 Å². The molecule has 35 heavy (non-hydrogen) atoms. The summed E-state index contributed by atoms with van der Waals surface area (Å²) in [5.41, 5.74) is 4.38. The molecule has 1 aliphatic heterocycles. The van der Waals surface area contributed by atoms with Gasteiger partial charge in [-0.3, -0.25) is 9.69 Å². The molecular weight excluding hydrogens is 455 g/mol. The summed E-state index contributed by atoms with van der Waals surface area (Å²) in [6.07, 6.45) is 1.08. The van der Waals surface area contributed by atoms with E-state index < -0.39 is 12.7 Å². The molecule has 2 fully saturated rings. The number of carbonyl (C=O) groups excluding carboxylic acids is 1. The van der Waals surface area contributed by atoms with Gasteiger partial charge in [0.25, 0.3) is 5.91 Å². The maximum Gasteiger partial charge on any atom is 0.401 e. The monoisotopic (exact) mass is 483 g/mol. The molecule has 1 saturated heterocycles. The molecule has 2 heterocycles. The van der Waals surface area contributed by atoms with Crippen molar-refractivity contribution < 1.29 is 18.0 Å². The number of rotatable bonds is 7. The van der Waals surface area contributed by atoms with Gasteiger partial charge in [0.05, 0.1) is 12.1 Å². The summed E-state index contributed by atoms with van der Waals surface area (Å²) in [7, 11) is 0. The van der Waals surface area contributed by atoms with Crippen LogP contribution < -0.4 is 10.6 Å². The summed E-state index contributed by atoms with van der Waals surface area (Å²) in [6, 6.07) is 11.7. The van der Waals surface area contributed by atoms with Crippen LogP contribution >= 0.6 is 0 Å². The SMILES string of the molecule is Cc1ccc(C(=O)NC2CC2)cc1-c1ccc2nc(NC[C@H]3CCCN3CC(F)(F)F)ncc2c1. The average Bonchev–Trinajstić information content (AvgIpc) is 3.53. The topological polar surface area (TPSA) is 70.2 Å². The Morgan fingerprint density at radius 2 is 1.97 bits per heavy atom. The van der Waals surface area contributed by atoms with Crippen LogP contribution in [0.5, 0.6) is 0 Å². The second-order valence-corrected chi connectivity index (χ2v) is 9.51. The van der Waals surface area contributed by atoms with Crippen LogP contribution in [-0.4, -0.2) is 58.7 Å². The molecule has 0 spiro atoms. The van der Waals surface area contributed by atoms with Crippen molar-refractivity contribution in [2.75, 3.05) is 25.0 Å². The molecule has 1 saturated carbocycles. The molecule has 1 aromatic heterocycles. The number of anilines is 1. The molecule has 6 nitrogen and oxygen atoms in total. The van der Waals surface area contributed by atoms with Crippen molar-refractivity contribution in [2.24, 2.45) is 0 Å². The van der Waals surface area contributed by atoms with E-state index in [1.165, 1.54) is 4.90 Å². The Morgan fingerprint density at radius 1 is 1.14 bits per heavy atom. The molecule has 9 heteroatoms. The number of hydrogen-bond donors (Lipinski definition) is 2. The highest BCUT2D eigenvalue weighted by molar-refractivity contribution is 5.96. The zero-order chi connectivity index (χ0) is 24.6. The number of alkyl halides is 3. The predicted molar refractivity (Wildman–Crippen MR) is 129 cm³/mol. The molecule has 1 aliphatic carbocycles. The van der Waals surface area contributed by atoms with Gasteiger partial charge in [0.1, 0.15) is 0 Å². The molecule has 184 valence electrons. The van der Waals surface area contributed by atoms with Crippen molar-refractivity contribution >= 4 is 22.8 Å². The minimum atomic E-state index is -4.20.